The zero-order valence-electron chi connectivity index (χ0n) is 15.3. The molecule has 144 valence electrons. The monoisotopic (exact) mass is 388 g/mol. The number of para-hydroxylation sites is 1. The summed E-state index contributed by atoms with van der Waals surface area (Å²) >= 11 is 0. The first-order valence-corrected chi connectivity index (χ1v) is 9.22. The Kier molecular flexibility index (Phi) is 3.90. The second kappa shape index (κ2) is 6.59. The molecule has 5 rings (SSSR count). The van der Waals surface area contributed by atoms with E-state index in [1.165, 1.54) is 9.30 Å². The molecule has 3 heterocycles. The molecule has 0 aliphatic carbocycles. The number of carbonyl (C=O) groups excluding carboxylic acids is 2. The third-order valence-electron chi connectivity index (χ3n) is 5.03. The van der Waals surface area contributed by atoms with Crippen LogP contribution in [0, 0.1) is 0 Å². The Bertz CT molecular complexity index is 1300. The quantitative estimate of drug-likeness (QED) is 0.418. The highest BCUT2D eigenvalue weighted by Gasteiger charge is 2.34. The summed E-state index contributed by atoms with van der Waals surface area (Å²) in [6, 6.07) is 15.9. The maximum atomic E-state index is 12.4. The summed E-state index contributed by atoms with van der Waals surface area (Å²) in [7, 11) is 0. The van der Waals surface area contributed by atoms with Gasteiger partial charge in [0.2, 0.25) is 0 Å². The minimum absolute atomic E-state index is 0.270. The first kappa shape index (κ1) is 17.2. The highest BCUT2D eigenvalue weighted by molar-refractivity contribution is 6.21. The van der Waals surface area contributed by atoms with Crippen molar-refractivity contribution in [2.45, 2.75) is 6.42 Å². The lowest BCUT2D eigenvalue weighted by Gasteiger charge is -2.15. The Balaban J connectivity index is 1.33. The number of amides is 2. The predicted octanol–water partition coefficient (Wildman–Crippen LogP) is 2.24. The molecule has 2 aromatic heterocycles. The molecule has 0 radical (unpaired) electrons. The Labute approximate surface area is 164 Å². The number of nitrogens with zero attached hydrogens (tertiary/aromatic N) is 3. The number of aromatic amines is 1. The molecule has 0 spiro atoms. The first-order chi connectivity index (χ1) is 14.1. The number of aromatic nitrogens is 3. The zero-order valence-corrected chi connectivity index (χ0v) is 15.3. The number of benzene rings is 2. The van der Waals surface area contributed by atoms with Gasteiger partial charge in [0.1, 0.15) is 5.75 Å². The van der Waals surface area contributed by atoms with Crippen LogP contribution in [0.1, 0.15) is 27.1 Å². The number of ether oxygens (including phenoxy) is 1. The predicted molar refractivity (Wildman–Crippen MR) is 105 cm³/mol. The van der Waals surface area contributed by atoms with Gasteiger partial charge in [-0.2, -0.15) is 5.10 Å². The second-order valence-corrected chi connectivity index (χ2v) is 6.76. The van der Waals surface area contributed by atoms with Gasteiger partial charge in [-0.25, -0.2) is 14.3 Å². The molecule has 1 aliphatic rings. The number of carbonyl (C=O) groups is 2. The van der Waals surface area contributed by atoms with Crippen molar-refractivity contribution in [1.29, 1.82) is 0 Å². The van der Waals surface area contributed by atoms with Gasteiger partial charge < -0.3 is 4.74 Å². The number of imide groups is 1. The zero-order chi connectivity index (χ0) is 20.0. The third kappa shape index (κ3) is 2.68. The van der Waals surface area contributed by atoms with Crippen LogP contribution in [0.15, 0.2) is 59.4 Å². The summed E-state index contributed by atoms with van der Waals surface area (Å²) < 4.78 is 7.41. The van der Waals surface area contributed by atoms with E-state index in [0.29, 0.717) is 41.1 Å². The van der Waals surface area contributed by atoms with Crippen LogP contribution in [-0.2, 0) is 0 Å². The van der Waals surface area contributed by atoms with Crippen LogP contribution in [0.2, 0.25) is 0 Å². The molecule has 29 heavy (non-hydrogen) atoms. The lowest BCUT2D eigenvalue weighted by atomic mass is 10.1. The van der Waals surface area contributed by atoms with Crippen molar-refractivity contribution in [1.82, 2.24) is 19.5 Å². The van der Waals surface area contributed by atoms with E-state index in [-0.39, 0.29) is 24.0 Å². The lowest BCUT2D eigenvalue weighted by molar-refractivity contribution is 0.0647. The van der Waals surface area contributed by atoms with Gasteiger partial charge in [0.15, 0.2) is 5.65 Å². The fourth-order valence-electron chi connectivity index (χ4n) is 3.68. The van der Waals surface area contributed by atoms with Crippen LogP contribution in [0.25, 0.3) is 16.6 Å². The van der Waals surface area contributed by atoms with E-state index in [1.807, 2.05) is 24.3 Å². The summed E-state index contributed by atoms with van der Waals surface area (Å²) in [5.41, 5.74) is 1.73. The van der Waals surface area contributed by atoms with E-state index in [1.54, 1.807) is 30.3 Å². The van der Waals surface area contributed by atoms with Gasteiger partial charge in [0.05, 0.1) is 23.3 Å². The standard InChI is InChI=1S/C21H16N4O4/c26-19-13-6-1-2-7-14(13)20(27)24(19)10-5-11-29-17-12-18-22-23-21(28)25(18)16-9-4-3-8-15(16)17/h1-4,6-9,12H,5,10-11H2,(H,23,28). The smallest absolute Gasteiger partial charge is 0.348 e. The van der Waals surface area contributed by atoms with E-state index < -0.39 is 0 Å². The van der Waals surface area contributed by atoms with Crippen LogP contribution < -0.4 is 10.4 Å². The van der Waals surface area contributed by atoms with Crippen LogP contribution >= 0.6 is 0 Å². The molecule has 0 unspecified atom stereocenters. The molecule has 4 aromatic rings. The highest BCUT2D eigenvalue weighted by Crippen LogP contribution is 2.27. The summed E-state index contributed by atoms with van der Waals surface area (Å²) in [4.78, 5) is 38.1. The van der Waals surface area contributed by atoms with Crippen molar-refractivity contribution in [2.24, 2.45) is 0 Å². The van der Waals surface area contributed by atoms with Gasteiger partial charge in [-0.1, -0.05) is 24.3 Å². The van der Waals surface area contributed by atoms with Crippen LogP contribution in [0.4, 0.5) is 0 Å². The number of fused-ring (bicyclic) bond motifs is 4. The van der Waals surface area contributed by atoms with Crippen molar-refractivity contribution >= 4 is 28.4 Å². The molecular formula is C21H16N4O4. The Morgan fingerprint density at radius 3 is 2.38 bits per heavy atom. The van der Waals surface area contributed by atoms with Gasteiger partial charge in [-0.3, -0.25) is 14.5 Å². The van der Waals surface area contributed by atoms with Gasteiger partial charge in [-0.05, 0) is 30.7 Å². The largest absolute Gasteiger partial charge is 0.493 e. The maximum Gasteiger partial charge on any atom is 0.348 e. The normalized spacial score (nSPS) is 13.4. The molecule has 1 N–H and O–H groups in total. The Morgan fingerprint density at radius 2 is 1.62 bits per heavy atom. The Hall–Kier alpha value is -3.94. The van der Waals surface area contributed by atoms with Crippen LogP contribution in [-0.4, -0.2) is 44.5 Å². The SMILES string of the molecule is O=C1c2ccccc2C(=O)N1CCCOc1cc2n[nH]c(=O)n2c2ccccc12. The van der Waals surface area contributed by atoms with E-state index in [0.717, 1.165) is 5.39 Å². The topological polar surface area (TPSA) is 96.8 Å². The van der Waals surface area contributed by atoms with Crippen molar-refractivity contribution in [3.05, 3.63) is 76.2 Å². The maximum absolute atomic E-state index is 12.4. The van der Waals surface area contributed by atoms with Crippen molar-refractivity contribution in [3.8, 4) is 5.75 Å². The van der Waals surface area contributed by atoms with Crippen molar-refractivity contribution < 1.29 is 14.3 Å². The number of pyridine rings is 1. The lowest BCUT2D eigenvalue weighted by Crippen LogP contribution is -2.31. The third-order valence-corrected chi connectivity index (χ3v) is 5.03. The van der Waals surface area contributed by atoms with Crippen LogP contribution in [0.5, 0.6) is 5.75 Å². The van der Waals surface area contributed by atoms with Gasteiger partial charge in [0.25, 0.3) is 11.8 Å². The van der Waals surface area contributed by atoms with E-state index in [9.17, 15) is 14.4 Å². The first-order valence-electron chi connectivity index (χ1n) is 9.22. The molecule has 1 aliphatic heterocycles. The molecule has 8 heteroatoms. The fourth-order valence-corrected chi connectivity index (χ4v) is 3.68. The Morgan fingerprint density at radius 1 is 0.931 bits per heavy atom. The number of nitrogens with one attached hydrogen (secondary N) is 1. The molecular weight excluding hydrogens is 372 g/mol. The summed E-state index contributed by atoms with van der Waals surface area (Å²) in [6.07, 6.45) is 0.484. The molecule has 0 bridgehead atoms. The highest BCUT2D eigenvalue weighted by atomic mass is 16.5. The average molecular weight is 388 g/mol. The minimum atomic E-state index is -0.312. The van der Waals surface area contributed by atoms with Crippen molar-refractivity contribution in [2.75, 3.05) is 13.2 Å². The van der Waals surface area contributed by atoms with E-state index in [2.05, 4.69) is 10.2 Å². The number of hydrogen-bond donors (Lipinski definition) is 1. The fraction of sp³-hybridized carbons (Fsp3) is 0.143. The second-order valence-electron chi connectivity index (χ2n) is 6.76. The van der Waals surface area contributed by atoms with Gasteiger partial charge in [-0.15, -0.1) is 0 Å². The summed E-state index contributed by atoms with van der Waals surface area (Å²) in [5, 5.41) is 7.23. The number of hydrogen-bond acceptors (Lipinski definition) is 5. The number of rotatable bonds is 5. The molecule has 2 aromatic carbocycles. The minimum Gasteiger partial charge on any atom is -0.493 e. The molecule has 8 nitrogen and oxygen atoms in total. The van der Waals surface area contributed by atoms with Crippen molar-refractivity contribution in [3.63, 3.8) is 0 Å². The molecule has 0 saturated heterocycles. The molecule has 0 fully saturated rings. The molecule has 2 amide bonds. The number of H-pyrrole nitrogens is 1. The average Bonchev–Trinajstić information content (AvgIpc) is 3.24. The summed E-state index contributed by atoms with van der Waals surface area (Å²) in [6.45, 7) is 0.580. The van der Waals surface area contributed by atoms with Gasteiger partial charge >= 0.3 is 5.69 Å². The van der Waals surface area contributed by atoms with Gasteiger partial charge in [0, 0.05) is 18.0 Å². The van der Waals surface area contributed by atoms with Crippen LogP contribution in [0.3, 0.4) is 0 Å². The van der Waals surface area contributed by atoms with E-state index in [4.69, 9.17) is 4.74 Å². The van der Waals surface area contributed by atoms with E-state index >= 15 is 0 Å². The molecule has 0 atom stereocenters. The summed E-state index contributed by atoms with van der Waals surface area (Å²) in [5.74, 6) is 0.0520. The molecule has 0 saturated carbocycles.